The van der Waals surface area contributed by atoms with Gasteiger partial charge in [-0.05, 0) is 26.2 Å². The highest BCUT2D eigenvalue weighted by Crippen LogP contribution is 2.33. The van der Waals surface area contributed by atoms with Crippen LogP contribution in [0.1, 0.15) is 39.5 Å². The minimum atomic E-state index is -0.189. The Morgan fingerprint density at radius 1 is 1.57 bits per heavy atom. The molecule has 2 heteroatoms. The summed E-state index contributed by atoms with van der Waals surface area (Å²) in [5.41, 5.74) is 0.961. The average molecular weight is 194 g/mol. The Kier molecular flexibility index (Phi) is 3.62. The van der Waals surface area contributed by atoms with Gasteiger partial charge in [0.1, 0.15) is 11.6 Å². The molecule has 0 amide bonds. The van der Waals surface area contributed by atoms with Crippen LogP contribution in [0.25, 0.3) is 0 Å². The van der Waals surface area contributed by atoms with Gasteiger partial charge < -0.3 is 0 Å². The van der Waals surface area contributed by atoms with Crippen molar-refractivity contribution in [1.29, 1.82) is 0 Å². The van der Waals surface area contributed by atoms with Crippen molar-refractivity contribution >= 4 is 11.6 Å². The molecule has 2 atom stereocenters. The van der Waals surface area contributed by atoms with Crippen molar-refractivity contribution in [3.05, 3.63) is 12.2 Å². The second-order valence-corrected chi connectivity index (χ2v) is 4.08. The summed E-state index contributed by atoms with van der Waals surface area (Å²) in [6, 6.07) is 0. The van der Waals surface area contributed by atoms with Crippen molar-refractivity contribution < 1.29 is 9.59 Å². The summed E-state index contributed by atoms with van der Waals surface area (Å²) in [4.78, 5) is 23.1. The molecule has 1 fully saturated rings. The normalized spacial score (nSPS) is 24.9. The number of hydrogen-bond acceptors (Lipinski definition) is 2. The third kappa shape index (κ3) is 2.11. The maximum atomic E-state index is 11.7. The lowest BCUT2D eigenvalue weighted by molar-refractivity contribution is -0.131. The van der Waals surface area contributed by atoms with Gasteiger partial charge >= 0.3 is 0 Å². The standard InChI is InChI=1S/C12H18O2/c1-4-10(9(3)13)12-8(2)6-5-7-11(12)14/h10,12H,2,4-7H2,1,3H3. The van der Waals surface area contributed by atoms with E-state index in [0.717, 1.165) is 24.8 Å². The number of carbonyl (C=O) groups is 2. The quantitative estimate of drug-likeness (QED) is 0.647. The maximum Gasteiger partial charge on any atom is 0.140 e. The molecular formula is C12H18O2. The van der Waals surface area contributed by atoms with E-state index in [-0.39, 0.29) is 23.4 Å². The number of carbonyl (C=O) groups excluding carboxylic acids is 2. The number of Topliss-reactive ketones (excluding diaryl/α,β-unsaturated/α-hetero) is 2. The van der Waals surface area contributed by atoms with E-state index in [2.05, 4.69) is 6.58 Å². The summed E-state index contributed by atoms with van der Waals surface area (Å²) in [7, 11) is 0. The molecule has 78 valence electrons. The van der Waals surface area contributed by atoms with Gasteiger partial charge in [0.15, 0.2) is 0 Å². The molecule has 0 saturated heterocycles. The molecule has 2 unspecified atom stereocenters. The van der Waals surface area contributed by atoms with Crippen LogP contribution in [0.15, 0.2) is 12.2 Å². The highest BCUT2D eigenvalue weighted by molar-refractivity contribution is 5.91. The van der Waals surface area contributed by atoms with Crippen molar-refractivity contribution in [3.63, 3.8) is 0 Å². The Labute approximate surface area is 85.4 Å². The van der Waals surface area contributed by atoms with Gasteiger partial charge in [-0.25, -0.2) is 0 Å². The van der Waals surface area contributed by atoms with Gasteiger partial charge in [-0.15, -0.1) is 0 Å². The van der Waals surface area contributed by atoms with E-state index >= 15 is 0 Å². The fourth-order valence-corrected chi connectivity index (χ4v) is 2.30. The van der Waals surface area contributed by atoms with Crippen LogP contribution in [0.2, 0.25) is 0 Å². The van der Waals surface area contributed by atoms with E-state index in [1.165, 1.54) is 0 Å². The van der Waals surface area contributed by atoms with E-state index in [0.29, 0.717) is 6.42 Å². The monoisotopic (exact) mass is 194 g/mol. The number of hydrogen-bond donors (Lipinski definition) is 0. The first-order valence-electron chi connectivity index (χ1n) is 5.28. The van der Waals surface area contributed by atoms with E-state index in [1.807, 2.05) is 6.92 Å². The van der Waals surface area contributed by atoms with Gasteiger partial charge in [-0.2, -0.15) is 0 Å². The largest absolute Gasteiger partial charge is 0.300 e. The van der Waals surface area contributed by atoms with E-state index < -0.39 is 0 Å². The van der Waals surface area contributed by atoms with Gasteiger partial charge in [-0.3, -0.25) is 9.59 Å². The molecular weight excluding hydrogens is 176 g/mol. The fraction of sp³-hybridized carbons (Fsp3) is 0.667. The zero-order chi connectivity index (χ0) is 10.7. The molecule has 0 spiro atoms. The van der Waals surface area contributed by atoms with E-state index in [1.54, 1.807) is 6.92 Å². The van der Waals surface area contributed by atoms with Crippen molar-refractivity contribution in [2.24, 2.45) is 11.8 Å². The number of ketones is 2. The van der Waals surface area contributed by atoms with Crippen LogP contribution in [0.3, 0.4) is 0 Å². The molecule has 1 aliphatic carbocycles. The molecule has 0 N–H and O–H groups in total. The third-order valence-corrected chi connectivity index (χ3v) is 3.07. The topological polar surface area (TPSA) is 34.1 Å². The Balaban J connectivity index is 2.85. The van der Waals surface area contributed by atoms with Crippen LogP contribution in [-0.2, 0) is 9.59 Å². The van der Waals surface area contributed by atoms with Gasteiger partial charge in [0.2, 0.25) is 0 Å². The van der Waals surface area contributed by atoms with Gasteiger partial charge in [0, 0.05) is 18.3 Å². The van der Waals surface area contributed by atoms with Crippen molar-refractivity contribution in [2.75, 3.05) is 0 Å². The van der Waals surface area contributed by atoms with E-state index in [9.17, 15) is 9.59 Å². The van der Waals surface area contributed by atoms with Crippen LogP contribution < -0.4 is 0 Å². The molecule has 0 heterocycles. The SMILES string of the molecule is C=C1CCCC(=O)C1C(CC)C(C)=O. The first-order chi connectivity index (χ1) is 6.57. The van der Waals surface area contributed by atoms with Crippen LogP contribution in [0, 0.1) is 11.8 Å². The summed E-state index contributed by atoms with van der Waals surface area (Å²) in [5, 5.41) is 0. The predicted octanol–water partition coefficient (Wildman–Crippen LogP) is 2.53. The third-order valence-electron chi connectivity index (χ3n) is 3.07. The van der Waals surface area contributed by atoms with Crippen molar-refractivity contribution in [2.45, 2.75) is 39.5 Å². The minimum absolute atomic E-state index is 0.119. The second-order valence-electron chi connectivity index (χ2n) is 4.08. The molecule has 1 aliphatic rings. The maximum absolute atomic E-state index is 11.7. The highest BCUT2D eigenvalue weighted by Gasteiger charge is 2.34. The predicted molar refractivity (Wildman–Crippen MR) is 56.0 cm³/mol. The van der Waals surface area contributed by atoms with Gasteiger partial charge in [0.05, 0.1) is 0 Å². The zero-order valence-electron chi connectivity index (χ0n) is 9.01. The van der Waals surface area contributed by atoms with E-state index in [4.69, 9.17) is 0 Å². The average Bonchev–Trinajstić information content (AvgIpc) is 2.10. The lowest BCUT2D eigenvalue weighted by Gasteiger charge is -2.28. The first-order valence-corrected chi connectivity index (χ1v) is 5.28. The Hall–Kier alpha value is -0.920. The molecule has 14 heavy (non-hydrogen) atoms. The highest BCUT2D eigenvalue weighted by atomic mass is 16.1. The minimum Gasteiger partial charge on any atom is -0.300 e. The van der Waals surface area contributed by atoms with Crippen molar-refractivity contribution in [1.82, 2.24) is 0 Å². The fourth-order valence-electron chi connectivity index (χ4n) is 2.30. The lowest BCUT2D eigenvalue weighted by Crippen LogP contribution is -2.32. The molecule has 0 bridgehead atoms. The number of rotatable bonds is 3. The molecule has 0 radical (unpaired) electrons. The summed E-state index contributed by atoms with van der Waals surface area (Å²) in [6.45, 7) is 7.46. The Bertz CT molecular complexity index is 249. The Morgan fingerprint density at radius 3 is 2.64 bits per heavy atom. The van der Waals surface area contributed by atoms with Gasteiger partial charge in [-0.1, -0.05) is 19.1 Å². The summed E-state index contributed by atoms with van der Waals surface area (Å²) in [6.07, 6.45) is 3.17. The summed E-state index contributed by atoms with van der Waals surface area (Å²) < 4.78 is 0. The lowest BCUT2D eigenvalue weighted by atomic mass is 9.74. The zero-order valence-corrected chi connectivity index (χ0v) is 9.01. The van der Waals surface area contributed by atoms with Crippen molar-refractivity contribution in [3.8, 4) is 0 Å². The molecule has 2 nitrogen and oxygen atoms in total. The molecule has 1 saturated carbocycles. The molecule has 1 rings (SSSR count). The summed E-state index contributed by atoms with van der Waals surface area (Å²) in [5.74, 6) is 0.0127. The van der Waals surface area contributed by atoms with Crippen LogP contribution >= 0.6 is 0 Å². The van der Waals surface area contributed by atoms with Crippen LogP contribution in [-0.4, -0.2) is 11.6 Å². The molecule has 0 aliphatic heterocycles. The van der Waals surface area contributed by atoms with Crippen LogP contribution in [0.4, 0.5) is 0 Å². The number of allylic oxidation sites excluding steroid dienone is 1. The first kappa shape index (κ1) is 11.2. The Morgan fingerprint density at radius 2 is 2.21 bits per heavy atom. The molecule has 0 aromatic heterocycles. The molecule has 0 aromatic carbocycles. The van der Waals surface area contributed by atoms with Crippen LogP contribution in [0.5, 0.6) is 0 Å². The molecule has 0 aromatic rings. The summed E-state index contributed by atoms with van der Waals surface area (Å²) >= 11 is 0. The second kappa shape index (κ2) is 4.54. The smallest absolute Gasteiger partial charge is 0.140 e. The van der Waals surface area contributed by atoms with Gasteiger partial charge in [0.25, 0.3) is 0 Å².